The van der Waals surface area contributed by atoms with Crippen LogP contribution in [-0.2, 0) is 14.3 Å². The minimum absolute atomic E-state index is 0.274. The summed E-state index contributed by atoms with van der Waals surface area (Å²) < 4.78 is 5.37. The molecule has 0 fully saturated rings. The summed E-state index contributed by atoms with van der Waals surface area (Å²) in [6, 6.07) is 0. The van der Waals surface area contributed by atoms with E-state index in [2.05, 4.69) is 12.2 Å². The Labute approximate surface area is 144 Å². The van der Waals surface area contributed by atoms with Crippen molar-refractivity contribution in [2.45, 2.75) is 46.5 Å². The third-order valence-electron chi connectivity index (χ3n) is 4.20. The molecule has 1 aliphatic heterocycles. The number of nitrogens with zero attached hydrogens (tertiary/aromatic N) is 1. The Morgan fingerprint density at radius 2 is 1.79 bits per heavy atom. The van der Waals surface area contributed by atoms with E-state index in [4.69, 9.17) is 4.74 Å². The van der Waals surface area contributed by atoms with Crippen LogP contribution >= 0.6 is 0 Å². The standard InChI is InChI=1S/C18H30N2O4/c1-6-7-8-9-14-15(17(21)22)12(2)19-13(3)16(14)18(23)24-11-10-20(4)5/h14,19H,6-11H2,1-5H3,(H,21,22). The lowest BCUT2D eigenvalue weighted by Crippen LogP contribution is -2.33. The van der Waals surface area contributed by atoms with Gasteiger partial charge in [-0.25, -0.2) is 9.59 Å². The summed E-state index contributed by atoms with van der Waals surface area (Å²) in [6.07, 6.45) is 3.58. The van der Waals surface area contributed by atoms with Crippen LogP contribution in [0.25, 0.3) is 0 Å². The molecule has 1 aliphatic rings. The average Bonchev–Trinajstić information content (AvgIpc) is 2.46. The Bertz CT molecular complexity index is 535. The second kappa shape index (κ2) is 9.47. The smallest absolute Gasteiger partial charge is 0.336 e. The molecule has 1 rings (SSSR count). The van der Waals surface area contributed by atoms with Gasteiger partial charge in [0.2, 0.25) is 0 Å². The molecule has 0 radical (unpaired) electrons. The van der Waals surface area contributed by atoms with E-state index in [9.17, 15) is 14.7 Å². The Kier molecular flexibility index (Phi) is 7.98. The van der Waals surface area contributed by atoms with Gasteiger partial charge in [0, 0.05) is 23.9 Å². The minimum Gasteiger partial charge on any atom is -0.478 e. The molecule has 0 bridgehead atoms. The number of carbonyl (C=O) groups is 2. The second-order valence-corrected chi connectivity index (χ2v) is 6.50. The topological polar surface area (TPSA) is 78.9 Å². The molecule has 0 amide bonds. The van der Waals surface area contributed by atoms with Crippen molar-refractivity contribution >= 4 is 11.9 Å². The lowest BCUT2D eigenvalue weighted by atomic mass is 9.82. The first kappa shape index (κ1) is 20.2. The van der Waals surface area contributed by atoms with Crippen LogP contribution in [0.4, 0.5) is 0 Å². The molecule has 0 saturated carbocycles. The van der Waals surface area contributed by atoms with E-state index in [1.807, 2.05) is 19.0 Å². The minimum atomic E-state index is -0.979. The van der Waals surface area contributed by atoms with E-state index < -0.39 is 17.9 Å². The average molecular weight is 338 g/mol. The van der Waals surface area contributed by atoms with Crippen molar-refractivity contribution in [3.63, 3.8) is 0 Å². The zero-order valence-corrected chi connectivity index (χ0v) is 15.4. The van der Waals surface area contributed by atoms with Gasteiger partial charge in [-0.15, -0.1) is 0 Å². The first-order valence-corrected chi connectivity index (χ1v) is 8.53. The van der Waals surface area contributed by atoms with Crippen molar-refractivity contribution < 1.29 is 19.4 Å². The number of likely N-dealkylation sites (N-methyl/N-ethyl adjacent to an activating group) is 1. The monoisotopic (exact) mass is 338 g/mol. The van der Waals surface area contributed by atoms with Crippen LogP contribution in [0.5, 0.6) is 0 Å². The zero-order chi connectivity index (χ0) is 18.3. The Hall–Kier alpha value is -1.82. The zero-order valence-electron chi connectivity index (χ0n) is 15.4. The summed E-state index contributed by atoms with van der Waals surface area (Å²) in [5.41, 5.74) is 2.02. The summed E-state index contributed by atoms with van der Waals surface area (Å²) in [7, 11) is 3.81. The van der Waals surface area contributed by atoms with E-state index in [1.54, 1.807) is 13.8 Å². The number of carboxylic acids is 1. The van der Waals surface area contributed by atoms with Crippen LogP contribution in [0.15, 0.2) is 22.5 Å². The van der Waals surface area contributed by atoms with Crippen LogP contribution in [-0.4, -0.2) is 49.2 Å². The van der Waals surface area contributed by atoms with Gasteiger partial charge in [-0.1, -0.05) is 26.2 Å². The fraction of sp³-hybridized carbons (Fsp3) is 0.667. The fourth-order valence-electron chi connectivity index (χ4n) is 2.97. The number of carboxylic acid groups (broad SMARTS) is 1. The number of nitrogens with one attached hydrogen (secondary N) is 1. The maximum atomic E-state index is 12.6. The normalized spacial score (nSPS) is 18.0. The summed E-state index contributed by atoms with van der Waals surface area (Å²) in [4.78, 5) is 26.2. The van der Waals surface area contributed by atoms with Gasteiger partial charge in [-0.2, -0.15) is 0 Å². The largest absolute Gasteiger partial charge is 0.478 e. The number of hydrogen-bond acceptors (Lipinski definition) is 5. The summed E-state index contributed by atoms with van der Waals surface area (Å²) >= 11 is 0. The molecule has 0 saturated heterocycles. The Morgan fingerprint density at radius 1 is 1.17 bits per heavy atom. The van der Waals surface area contributed by atoms with Crippen LogP contribution in [0, 0.1) is 5.92 Å². The van der Waals surface area contributed by atoms with Gasteiger partial charge >= 0.3 is 11.9 Å². The van der Waals surface area contributed by atoms with Crippen molar-refractivity contribution in [3.8, 4) is 0 Å². The highest BCUT2D eigenvalue weighted by Crippen LogP contribution is 2.34. The lowest BCUT2D eigenvalue weighted by molar-refractivity contribution is -0.140. The third kappa shape index (κ3) is 5.37. The molecule has 136 valence electrons. The number of hydrogen-bond donors (Lipinski definition) is 2. The molecule has 6 heteroatoms. The second-order valence-electron chi connectivity index (χ2n) is 6.50. The highest BCUT2D eigenvalue weighted by molar-refractivity contribution is 5.97. The fourth-order valence-corrected chi connectivity index (χ4v) is 2.97. The van der Waals surface area contributed by atoms with Crippen molar-refractivity contribution in [1.82, 2.24) is 10.2 Å². The molecular formula is C18H30N2O4. The molecule has 0 aromatic rings. The number of allylic oxidation sites excluding steroid dienone is 2. The van der Waals surface area contributed by atoms with Crippen LogP contribution in [0.3, 0.4) is 0 Å². The molecule has 6 nitrogen and oxygen atoms in total. The van der Waals surface area contributed by atoms with Gasteiger partial charge in [-0.3, -0.25) is 0 Å². The number of rotatable bonds is 9. The van der Waals surface area contributed by atoms with Gasteiger partial charge in [0.15, 0.2) is 0 Å². The van der Waals surface area contributed by atoms with E-state index in [0.717, 1.165) is 19.3 Å². The van der Waals surface area contributed by atoms with Gasteiger partial charge in [0.05, 0.1) is 11.1 Å². The van der Waals surface area contributed by atoms with E-state index in [-0.39, 0.29) is 12.2 Å². The quantitative estimate of drug-likeness (QED) is 0.497. The highest BCUT2D eigenvalue weighted by Gasteiger charge is 2.35. The number of aliphatic carboxylic acids is 1. The van der Waals surface area contributed by atoms with Gasteiger partial charge in [0.25, 0.3) is 0 Å². The Balaban J connectivity index is 3.01. The number of dihydropyridines is 1. The lowest BCUT2D eigenvalue weighted by Gasteiger charge is -2.29. The molecular weight excluding hydrogens is 308 g/mol. The maximum absolute atomic E-state index is 12.6. The maximum Gasteiger partial charge on any atom is 0.336 e. The summed E-state index contributed by atoms with van der Waals surface area (Å²) in [5, 5.41) is 12.6. The molecule has 2 N–H and O–H groups in total. The van der Waals surface area contributed by atoms with E-state index >= 15 is 0 Å². The SMILES string of the molecule is CCCCCC1C(C(=O)O)=C(C)NC(C)=C1C(=O)OCCN(C)C. The van der Waals surface area contributed by atoms with Crippen molar-refractivity contribution in [1.29, 1.82) is 0 Å². The van der Waals surface area contributed by atoms with Crippen LogP contribution in [0.2, 0.25) is 0 Å². The number of unbranched alkanes of at least 4 members (excludes halogenated alkanes) is 2. The molecule has 0 spiro atoms. The summed E-state index contributed by atoms with van der Waals surface area (Å²) in [6.45, 7) is 6.56. The molecule has 24 heavy (non-hydrogen) atoms. The molecule has 0 aliphatic carbocycles. The third-order valence-corrected chi connectivity index (χ3v) is 4.20. The summed E-state index contributed by atoms with van der Waals surface area (Å²) in [5.74, 6) is -1.82. The number of carbonyl (C=O) groups excluding carboxylic acids is 1. The van der Waals surface area contributed by atoms with Crippen molar-refractivity contribution in [2.24, 2.45) is 5.92 Å². The number of ether oxygens (including phenoxy) is 1. The predicted octanol–water partition coefficient (Wildman–Crippen LogP) is 2.52. The van der Waals surface area contributed by atoms with Crippen LogP contribution in [0.1, 0.15) is 46.5 Å². The number of esters is 1. The predicted molar refractivity (Wildman–Crippen MR) is 93.3 cm³/mol. The molecule has 1 heterocycles. The molecule has 0 aromatic heterocycles. The van der Waals surface area contributed by atoms with E-state index in [0.29, 0.717) is 29.9 Å². The molecule has 1 unspecified atom stereocenters. The first-order chi connectivity index (χ1) is 11.3. The van der Waals surface area contributed by atoms with Gasteiger partial charge in [0.1, 0.15) is 6.61 Å². The van der Waals surface area contributed by atoms with Gasteiger partial charge < -0.3 is 20.1 Å². The Morgan fingerprint density at radius 3 is 2.33 bits per heavy atom. The van der Waals surface area contributed by atoms with E-state index in [1.165, 1.54) is 0 Å². The van der Waals surface area contributed by atoms with Crippen LogP contribution < -0.4 is 5.32 Å². The molecule has 1 atom stereocenters. The van der Waals surface area contributed by atoms with Crippen molar-refractivity contribution in [3.05, 3.63) is 22.5 Å². The highest BCUT2D eigenvalue weighted by atomic mass is 16.5. The first-order valence-electron chi connectivity index (χ1n) is 8.53. The van der Waals surface area contributed by atoms with Gasteiger partial charge in [-0.05, 0) is 34.4 Å². The molecule has 0 aromatic carbocycles. The van der Waals surface area contributed by atoms with Crippen molar-refractivity contribution in [2.75, 3.05) is 27.2 Å².